The van der Waals surface area contributed by atoms with Gasteiger partial charge in [-0.25, -0.2) is 5.43 Å². The third kappa shape index (κ3) is 5.16. The Morgan fingerprint density at radius 3 is 2.48 bits per heavy atom. The summed E-state index contributed by atoms with van der Waals surface area (Å²) in [5.41, 5.74) is 4.43. The molecular weight excluding hydrogens is 491 g/mol. The number of halogens is 1. The Hall–Kier alpha value is -3.28. The second-order valence-electron chi connectivity index (χ2n) is 6.06. The number of nitrogens with one attached hydrogen (secondary N) is 3. The molecule has 2 aromatic rings. The largest absolute Gasteiger partial charge is 0.481 e. The minimum absolute atomic E-state index is 0.120. The number of rotatable bonds is 6. The number of aliphatic carboxylic acids is 1. The van der Waals surface area contributed by atoms with Crippen molar-refractivity contribution in [2.45, 2.75) is 12.8 Å². The number of anilines is 2. The number of hydrogen-bond donors (Lipinski definition) is 4. The number of hydrogen-bond acceptors (Lipinski definition) is 5. The number of hydrazone groups is 1. The summed E-state index contributed by atoms with van der Waals surface area (Å²) in [7, 11) is 0. The van der Waals surface area contributed by atoms with E-state index in [1.165, 1.54) is 24.3 Å². The molecule has 0 saturated heterocycles. The zero-order valence-electron chi connectivity index (χ0n) is 14.9. The maximum Gasteiger partial charge on any atom is 0.303 e. The molecular formula is C19H15IN4O5. The van der Waals surface area contributed by atoms with E-state index in [9.17, 15) is 19.2 Å². The molecule has 1 heterocycles. The second kappa shape index (κ2) is 8.82. The molecule has 0 unspecified atom stereocenters. The van der Waals surface area contributed by atoms with Crippen molar-refractivity contribution in [3.8, 4) is 0 Å². The fraction of sp³-hybridized carbons (Fsp3) is 0.105. The summed E-state index contributed by atoms with van der Waals surface area (Å²) in [6.07, 6.45) is -0.403. The lowest BCUT2D eigenvalue weighted by molar-refractivity contribution is -0.138. The lowest BCUT2D eigenvalue weighted by Crippen LogP contribution is -2.23. The predicted molar refractivity (Wildman–Crippen MR) is 114 cm³/mol. The second-order valence-corrected chi connectivity index (χ2v) is 7.31. The first kappa shape index (κ1) is 20.5. The Labute approximate surface area is 178 Å². The van der Waals surface area contributed by atoms with Gasteiger partial charge in [0.25, 0.3) is 11.8 Å². The minimum atomic E-state index is -1.05. The molecule has 0 bridgehead atoms. The summed E-state index contributed by atoms with van der Waals surface area (Å²) in [4.78, 5) is 46.5. The van der Waals surface area contributed by atoms with Gasteiger partial charge in [0.05, 0.1) is 12.1 Å². The smallest absolute Gasteiger partial charge is 0.303 e. The van der Waals surface area contributed by atoms with E-state index in [0.29, 0.717) is 16.9 Å². The van der Waals surface area contributed by atoms with Gasteiger partial charge < -0.3 is 15.7 Å². The summed E-state index contributed by atoms with van der Waals surface area (Å²) in [6, 6.07) is 11.4. The maximum absolute atomic E-state index is 12.3. The van der Waals surface area contributed by atoms with Crippen molar-refractivity contribution in [1.29, 1.82) is 0 Å². The molecule has 0 spiro atoms. The number of carbonyl (C=O) groups excluding carboxylic acids is 3. The number of carboxylic acid groups (broad SMARTS) is 1. The molecule has 1 aliphatic heterocycles. The van der Waals surface area contributed by atoms with Gasteiger partial charge in [-0.05, 0) is 65.1 Å². The highest BCUT2D eigenvalue weighted by Gasteiger charge is 2.26. The lowest BCUT2D eigenvalue weighted by Gasteiger charge is -2.06. The molecule has 0 atom stereocenters. The number of amides is 3. The molecule has 0 aromatic heterocycles. The third-order valence-corrected chi connectivity index (χ3v) is 4.64. The van der Waals surface area contributed by atoms with Gasteiger partial charge in [-0.3, -0.25) is 19.2 Å². The zero-order chi connectivity index (χ0) is 21.0. The Balaban J connectivity index is 1.64. The lowest BCUT2D eigenvalue weighted by atomic mass is 10.1. The van der Waals surface area contributed by atoms with E-state index < -0.39 is 23.7 Å². The molecule has 1 aliphatic rings. The van der Waals surface area contributed by atoms with Crippen LogP contribution in [0.2, 0.25) is 0 Å². The van der Waals surface area contributed by atoms with Crippen molar-refractivity contribution >= 4 is 63.4 Å². The first-order valence-corrected chi connectivity index (χ1v) is 9.52. The van der Waals surface area contributed by atoms with Crippen molar-refractivity contribution in [3.63, 3.8) is 0 Å². The molecule has 29 heavy (non-hydrogen) atoms. The van der Waals surface area contributed by atoms with Crippen LogP contribution in [0.3, 0.4) is 0 Å². The van der Waals surface area contributed by atoms with Crippen LogP contribution in [0, 0.1) is 3.57 Å². The van der Waals surface area contributed by atoms with Gasteiger partial charge in [-0.15, -0.1) is 0 Å². The highest BCUT2D eigenvalue weighted by atomic mass is 127. The van der Waals surface area contributed by atoms with Crippen LogP contribution in [0.15, 0.2) is 47.6 Å². The number of fused-ring (bicyclic) bond motifs is 1. The Morgan fingerprint density at radius 1 is 1.07 bits per heavy atom. The van der Waals surface area contributed by atoms with Gasteiger partial charge >= 0.3 is 5.97 Å². The molecule has 0 aliphatic carbocycles. The van der Waals surface area contributed by atoms with Gasteiger partial charge in [0.15, 0.2) is 5.71 Å². The van der Waals surface area contributed by atoms with E-state index in [0.717, 1.165) is 3.57 Å². The molecule has 3 rings (SSSR count). The van der Waals surface area contributed by atoms with Crippen LogP contribution in [0.25, 0.3) is 0 Å². The Morgan fingerprint density at radius 2 is 1.79 bits per heavy atom. The van der Waals surface area contributed by atoms with Crippen molar-refractivity contribution in [1.82, 2.24) is 5.43 Å². The van der Waals surface area contributed by atoms with Gasteiger partial charge in [0.1, 0.15) is 0 Å². The summed E-state index contributed by atoms with van der Waals surface area (Å²) >= 11 is 2.12. The molecule has 9 nitrogen and oxygen atoms in total. The van der Waals surface area contributed by atoms with E-state index in [1.54, 1.807) is 12.1 Å². The Kier molecular flexibility index (Phi) is 6.22. The number of benzene rings is 2. The zero-order valence-corrected chi connectivity index (χ0v) is 17.0. The summed E-state index contributed by atoms with van der Waals surface area (Å²) in [5, 5.41) is 17.8. The van der Waals surface area contributed by atoms with Crippen LogP contribution in [0.4, 0.5) is 11.4 Å². The quantitative estimate of drug-likeness (QED) is 0.352. The van der Waals surface area contributed by atoms with Crippen LogP contribution < -0.4 is 16.1 Å². The van der Waals surface area contributed by atoms with E-state index >= 15 is 0 Å². The molecule has 4 N–H and O–H groups in total. The average molecular weight is 506 g/mol. The SMILES string of the molecule is O=C(O)CCC(=O)Nc1ccc(C(=O)N/N=C2\C(=O)Nc3ccc(I)cc32)cc1. The van der Waals surface area contributed by atoms with Crippen LogP contribution in [-0.2, 0) is 14.4 Å². The Bertz CT molecular complexity index is 1030. The van der Waals surface area contributed by atoms with Crippen LogP contribution in [0.5, 0.6) is 0 Å². The number of carboxylic acids is 1. The summed E-state index contributed by atoms with van der Waals surface area (Å²) in [5.74, 6) is -2.41. The highest BCUT2D eigenvalue weighted by molar-refractivity contribution is 14.1. The topological polar surface area (TPSA) is 137 Å². The maximum atomic E-state index is 12.3. The fourth-order valence-corrected chi connectivity index (χ4v) is 3.05. The van der Waals surface area contributed by atoms with E-state index in [4.69, 9.17) is 5.11 Å². The average Bonchev–Trinajstić information content (AvgIpc) is 2.99. The van der Waals surface area contributed by atoms with Crippen LogP contribution in [0.1, 0.15) is 28.8 Å². The van der Waals surface area contributed by atoms with Crippen molar-refractivity contribution in [2.24, 2.45) is 5.10 Å². The molecule has 0 saturated carbocycles. The monoisotopic (exact) mass is 506 g/mol. The molecule has 0 radical (unpaired) electrons. The molecule has 3 amide bonds. The summed E-state index contributed by atoms with van der Waals surface area (Å²) in [6.45, 7) is 0. The minimum Gasteiger partial charge on any atom is -0.481 e. The van der Waals surface area contributed by atoms with Crippen LogP contribution in [-0.4, -0.2) is 34.5 Å². The molecule has 148 valence electrons. The first-order valence-electron chi connectivity index (χ1n) is 8.44. The standard InChI is InChI=1S/C19H15IN4O5/c20-11-3-6-14-13(9-11)17(19(29)22-14)23-24-18(28)10-1-4-12(5-2-10)21-15(25)7-8-16(26)27/h1-6,9H,7-8H2,(H,21,25)(H,24,28)(H,26,27)(H,22,23,29). The highest BCUT2D eigenvalue weighted by Crippen LogP contribution is 2.25. The van der Waals surface area contributed by atoms with Crippen LogP contribution >= 0.6 is 22.6 Å². The first-order chi connectivity index (χ1) is 13.8. The predicted octanol–water partition coefficient (Wildman–Crippen LogP) is 2.18. The van der Waals surface area contributed by atoms with Gasteiger partial charge in [0.2, 0.25) is 5.91 Å². The number of carbonyl (C=O) groups is 4. The number of nitrogens with zero attached hydrogens (tertiary/aromatic N) is 1. The molecule has 10 heteroatoms. The van der Waals surface area contributed by atoms with Crippen molar-refractivity contribution in [2.75, 3.05) is 10.6 Å². The van der Waals surface area contributed by atoms with Gasteiger partial charge in [-0.2, -0.15) is 5.10 Å². The van der Waals surface area contributed by atoms with E-state index in [1.807, 2.05) is 6.07 Å². The molecule has 2 aromatic carbocycles. The van der Waals surface area contributed by atoms with Gasteiger partial charge in [0, 0.05) is 26.8 Å². The fourth-order valence-electron chi connectivity index (χ4n) is 2.56. The van der Waals surface area contributed by atoms with Crippen molar-refractivity contribution < 1.29 is 24.3 Å². The van der Waals surface area contributed by atoms with E-state index in [-0.39, 0.29) is 24.1 Å². The normalized spacial score (nSPS) is 13.6. The van der Waals surface area contributed by atoms with Gasteiger partial charge in [-0.1, -0.05) is 0 Å². The molecule has 0 fully saturated rings. The third-order valence-electron chi connectivity index (χ3n) is 3.97. The summed E-state index contributed by atoms with van der Waals surface area (Å²) < 4.78 is 0.929. The van der Waals surface area contributed by atoms with Crippen molar-refractivity contribution in [3.05, 3.63) is 57.2 Å². The van der Waals surface area contributed by atoms with E-state index in [2.05, 4.69) is 43.8 Å².